The number of benzene rings is 2. The van der Waals surface area contributed by atoms with Gasteiger partial charge in [0.2, 0.25) is 0 Å². The maximum absolute atomic E-state index is 5.82. The van der Waals surface area contributed by atoms with E-state index in [2.05, 4.69) is 27.3 Å². The number of aliphatic imine (C=N–C) groups is 1. The van der Waals surface area contributed by atoms with Gasteiger partial charge >= 0.3 is 0 Å². The van der Waals surface area contributed by atoms with Gasteiger partial charge in [0.15, 0.2) is 0 Å². The van der Waals surface area contributed by atoms with Crippen LogP contribution in [-0.4, -0.2) is 17.8 Å². The first kappa shape index (κ1) is 12.7. The molecule has 2 aliphatic rings. The molecule has 0 radical (unpaired) electrons. The number of nitrogens with one attached hydrogen (secondary N) is 1. The summed E-state index contributed by atoms with van der Waals surface area (Å²) in [6.07, 6.45) is 5.65. The zero-order valence-corrected chi connectivity index (χ0v) is 11.9. The maximum Gasteiger partial charge on any atom is 0.127 e. The molecule has 0 fully saturated rings. The third kappa shape index (κ3) is 2.35. The fourth-order valence-corrected chi connectivity index (χ4v) is 2.55. The SMILES string of the molecule is C1=CN2CNC(c3ccc(Oc4ccccc4)cc3)=C2C=N1. The molecule has 4 heteroatoms. The quantitative estimate of drug-likeness (QED) is 0.938. The number of nitrogens with zero attached hydrogens (tertiary/aromatic N) is 2. The maximum atomic E-state index is 5.82. The van der Waals surface area contributed by atoms with Crippen LogP contribution in [0, 0.1) is 0 Å². The van der Waals surface area contributed by atoms with E-state index in [4.69, 9.17) is 4.74 Å². The monoisotopic (exact) mass is 289 g/mol. The summed E-state index contributed by atoms with van der Waals surface area (Å²) in [6, 6.07) is 17.9. The van der Waals surface area contributed by atoms with Gasteiger partial charge in [0, 0.05) is 18.0 Å². The highest BCUT2D eigenvalue weighted by Gasteiger charge is 2.21. The van der Waals surface area contributed by atoms with Gasteiger partial charge in [-0.2, -0.15) is 0 Å². The molecular formula is C18H15N3O. The predicted octanol–water partition coefficient (Wildman–Crippen LogP) is 3.57. The minimum Gasteiger partial charge on any atom is -0.457 e. The molecule has 0 aromatic heterocycles. The third-order valence-electron chi connectivity index (χ3n) is 3.64. The minimum absolute atomic E-state index is 0.773. The fourth-order valence-electron chi connectivity index (χ4n) is 2.55. The van der Waals surface area contributed by atoms with Gasteiger partial charge in [-0.05, 0) is 36.4 Å². The minimum atomic E-state index is 0.773. The van der Waals surface area contributed by atoms with Gasteiger partial charge in [0.05, 0.1) is 24.3 Å². The number of hydrogen-bond acceptors (Lipinski definition) is 4. The van der Waals surface area contributed by atoms with Gasteiger partial charge in [0.1, 0.15) is 11.5 Å². The number of hydrogen-bond donors (Lipinski definition) is 1. The van der Waals surface area contributed by atoms with Crippen LogP contribution in [-0.2, 0) is 0 Å². The number of allylic oxidation sites excluding steroid dienone is 1. The van der Waals surface area contributed by atoms with Crippen molar-refractivity contribution in [1.29, 1.82) is 0 Å². The summed E-state index contributed by atoms with van der Waals surface area (Å²) in [7, 11) is 0. The summed E-state index contributed by atoms with van der Waals surface area (Å²) in [4.78, 5) is 6.33. The zero-order chi connectivity index (χ0) is 14.8. The second-order valence-corrected chi connectivity index (χ2v) is 5.08. The zero-order valence-electron chi connectivity index (χ0n) is 11.9. The number of para-hydroxylation sites is 1. The highest BCUT2D eigenvalue weighted by Crippen LogP contribution is 2.27. The Morgan fingerprint density at radius 2 is 1.73 bits per heavy atom. The van der Waals surface area contributed by atoms with Gasteiger partial charge in [-0.15, -0.1) is 0 Å². The Labute approximate surface area is 129 Å². The topological polar surface area (TPSA) is 36.9 Å². The fraction of sp³-hybridized carbons (Fsp3) is 0.0556. The Morgan fingerprint density at radius 1 is 0.955 bits per heavy atom. The van der Waals surface area contributed by atoms with Gasteiger partial charge < -0.3 is 15.0 Å². The Morgan fingerprint density at radius 3 is 2.55 bits per heavy atom. The lowest BCUT2D eigenvalue weighted by Gasteiger charge is -2.14. The lowest BCUT2D eigenvalue weighted by Crippen LogP contribution is -2.19. The summed E-state index contributed by atoms with van der Waals surface area (Å²) >= 11 is 0. The van der Waals surface area contributed by atoms with E-state index in [0.717, 1.165) is 35.1 Å². The first-order valence-electron chi connectivity index (χ1n) is 7.18. The largest absolute Gasteiger partial charge is 0.457 e. The molecule has 0 amide bonds. The standard InChI is InChI=1S/C18H15N3O/c1-2-4-15(5-3-1)22-16-8-6-14(7-9-16)18-17-12-19-10-11-21(17)13-20-18/h1-12,20H,13H2. The van der Waals surface area contributed by atoms with Gasteiger partial charge in [-0.25, -0.2) is 0 Å². The van der Waals surface area contributed by atoms with Crippen molar-refractivity contribution >= 4 is 11.9 Å². The number of rotatable bonds is 3. The molecule has 4 nitrogen and oxygen atoms in total. The number of ether oxygens (including phenoxy) is 1. The van der Waals surface area contributed by atoms with E-state index in [-0.39, 0.29) is 0 Å². The highest BCUT2D eigenvalue weighted by molar-refractivity contribution is 5.92. The molecule has 2 aromatic carbocycles. The molecule has 22 heavy (non-hydrogen) atoms. The molecule has 0 bridgehead atoms. The van der Waals surface area contributed by atoms with Crippen molar-refractivity contribution in [3.63, 3.8) is 0 Å². The van der Waals surface area contributed by atoms with Gasteiger partial charge in [0.25, 0.3) is 0 Å². The average molecular weight is 289 g/mol. The van der Waals surface area contributed by atoms with Crippen LogP contribution in [0.4, 0.5) is 0 Å². The highest BCUT2D eigenvalue weighted by atomic mass is 16.5. The van der Waals surface area contributed by atoms with E-state index >= 15 is 0 Å². The van der Waals surface area contributed by atoms with Crippen LogP contribution in [0.1, 0.15) is 5.56 Å². The second-order valence-electron chi connectivity index (χ2n) is 5.08. The van der Waals surface area contributed by atoms with Crippen molar-refractivity contribution in [2.75, 3.05) is 6.67 Å². The smallest absolute Gasteiger partial charge is 0.127 e. The molecule has 0 saturated carbocycles. The molecule has 1 N–H and O–H groups in total. The van der Waals surface area contributed by atoms with Gasteiger partial charge in [-0.3, -0.25) is 4.99 Å². The van der Waals surface area contributed by atoms with Crippen molar-refractivity contribution in [3.8, 4) is 11.5 Å². The van der Waals surface area contributed by atoms with E-state index in [0.29, 0.717) is 0 Å². The number of fused-ring (bicyclic) bond motifs is 1. The summed E-state index contributed by atoms with van der Waals surface area (Å²) in [6.45, 7) is 0.773. The first-order valence-corrected chi connectivity index (χ1v) is 7.18. The van der Waals surface area contributed by atoms with E-state index in [1.54, 1.807) is 6.20 Å². The van der Waals surface area contributed by atoms with Crippen LogP contribution in [0.2, 0.25) is 0 Å². The second kappa shape index (κ2) is 5.41. The third-order valence-corrected chi connectivity index (χ3v) is 3.64. The van der Waals surface area contributed by atoms with Crippen LogP contribution >= 0.6 is 0 Å². The molecule has 0 atom stereocenters. The Hall–Kier alpha value is -3.01. The molecule has 2 aliphatic heterocycles. The van der Waals surface area contributed by atoms with E-state index in [9.17, 15) is 0 Å². The molecule has 108 valence electrons. The van der Waals surface area contributed by atoms with Crippen LogP contribution in [0.25, 0.3) is 5.70 Å². The summed E-state index contributed by atoms with van der Waals surface area (Å²) in [5.41, 5.74) is 3.32. The van der Waals surface area contributed by atoms with Crippen LogP contribution in [0.15, 0.2) is 77.7 Å². The van der Waals surface area contributed by atoms with Crippen LogP contribution in [0.5, 0.6) is 11.5 Å². The Balaban J connectivity index is 1.58. The van der Waals surface area contributed by atoms with E-state index < -0.39 is 0 Å². The Kier molecular flexibility index (Phi) is 3.12. The van der Waals surface area contributed by atoms with Gasteiger partial charge in [-0.1, -0.05) is 18.2 Å². The first-order chi connectivity index (χ1) is 10.9. The summed E-state index contributed by atoms with van der Waals surface area (Å²) in [5, 5.41) is 3.41. The summed E-state index contributed by atoms with van der Waals surface area (Å²) < 4.78 is 5.82. The van der Waals surface area contributed by atoms with Crippen molar-refractivity contribution in [1.82, 2.24) is 10.2 Å². The average Bonchev–Trinajstić information content (AvgIpc) is 3.01. The normalized spacial score (nSPS) is 15.7. The van der Waals surface area contributed by atoms with E-state index in [1.807, 2.05) is 54.9 Å². The molecule has 0 aliphatic carbocycles. The van der Waals surface area contributed by atoms with Crippen molar-refractivity contribution < 1.29 is 4.74 Å². The molecule has 0 saturated heterocycles. The van der Waals surface area contributed by atoms with Crippen molar-refractivity contribution in [2.24, 2.45) is 4.99 Å². The predicted molar refractivity (Wildman–Crippen MR) is 87.4 cm³/mol. The molecule has 4 rings (SSSR count). The lowest BCUT2D eigenvalue weighted by atomic mass is 10.1. The summed E-state index contributed by atoms with van der Waals surface area (Å²) in [5.74, 6) is 1.67. The van der Waals surface area contributed by atoms with E-state index in [1.165, 1.54) is 0 Å². The molecule has 0 spiro atoms. The van der Waals surface area contributed by atoms with Crippen molar-refractivity contribution in [2.45, 2.75) is 0 Å². The Bertz CT molecular complexity index is 761. The van der Waals surface area contributed by atoms with Crippen LogP contribution in [0.3, 0.4) is 0 Å². The molecule has 0 unspecified atom stereocenters. The molecule has 2 aromatic rings. The lowest BCUT2D eigenvalue weighted by molar-refractivity contribution is 0.482. The molecule has 2 heterocycles. The van der Waals surface area contributed by atoms with Crippen LogP contribution < -0.4 is 10.1 Å². The van der Waals surface area contributed by atoms with Crippen molar-refractivity contribution in [3.05, 3.63) is 78.3 Å². The molecular weight excluding hydrogens is 274 g/mol.